The van der Waals surface area contributed by atoms with Crippen molar-refractivity contribution >= 4 is 56.5 Å². The molecule has 3 heterocycles. The fourth-order valence-corrected chi connectivity index (χ4v) is 11.0. The van der Waals surface area contributed by atoms with Gasteiger partial charge in [-0.05, 0) is 173 Å². The van der Waals surface area contributed by atoms with Gasteiger partial charge in [0.05, 0.1) is 11.0 Å². The molecule has 6 heteroatoms. The van der Waals surface area contributed by atoms with Crippen LogP contribution in [0.4, 0.5) is 0 Å². The Balaban J connectivity index is 1.51. The van der Waals surface area contributed by atoms with Crippen molar-refractivity contribution in [3.63, 3.8) is 0 Å². The van der Waals surface area contributed by atoms with Crippen LogP contribution >= 0.6 is 22.7 Å². The third-order valence-corrected chi connectivity index (χ3v) is 15.0. The quantitative estimate of drug-likeness (QED) is 0.0641. The minimum absolute atomic E-state index is 0.228. The molecule has 4 nitrogen and oxygen atoms in total. The van der Waals surface area contributed by atoms with Crippen LogP contribution < -0.4 is 0 Å². The first-order valence-electron chi connectivity index (χ1n) is 20.6. The van der Waals surface area contributed by atoms with E-state index in [1.54, 1.807) is 11.3 Å². The molecule has 6 aromatic rings. The summed E-state index contributed by atoms with van der Waals surface area (Å²) in [7, 11) is 0. The lowest BCUT2D eigenvalue weighted by molar-refractivity contribution is -0.132. The minimum Gasteiger partial charge on any atom is -0.477 e. The van der Waals surface area contributed by atoms with Gasteiger partial charge in [0.15, 0.2) is 0 Å². The van der Waals surface area contributed by atoms with Gasteiger partial charge in [0.1, 0.15) is 11.6 Å². The van der Waals surface area contributed by atoms with Crippen LogP contribution in [0.1, 0.15) is 126 Å². The topological polar surface area (TPSA) is 66.0 Å². The maximum atomic E-state index is 11.8. The van der Waals surface area contributed by atoms with Crippen molar-refractivity contribution < 1.29 is 9.90 Å². The SMILES string of the molecule is CCCCCCc1cc(-c2sc(/C=C(/C#N)C(=O)O)cc2CCCCCC)sc1-c1ccc(-n2c3c(C)c(C)c(C)c(C)c3c3c(C)c(C)c(C)c(C)c32)cc1. The first-order chi connectivity index (χ1) is 26.8. The normalized spacial score (nSPS) is 12.0. The van der Waals surface area contributed by atoms with Crippen LogP contribution in [0.2, 0.25) is 0 Å². The average Bonchev–Trinajstić information content (AvgIpc) is 3.91. The lowest BCUT2D eigenvalue weighted by Gasteiger charge is -2.16. The highest BCUT2D eigenvalue weighted by Crippen LogP contribution is 2.46. The van der Waals surface area contributed by atoms with E-state index in [0.29, 0.717) is 0 Å². The van der Waals surface area contributed by atoms with E-state index in [9.17, 15) is 15.2 Å². The van der Waals surface area contributed by atoms with E-state index >= 15 is 0 Å². The zero-order valence-electron chi connectivity index (χ0n) is 35.2. The summed E-state index contributed by atoms with van der Waals surface area (Å²) in [6, 6.07) is 15.7. The van der Waals surface area contributed by atoms with Gasteiger partial charge in [-0.25, -0.2) is 4.79 Å². The predicted octanol–water partition coefficient (Wildman–Crippen LogP) is 14.9. The molecular weight excluding hydrogens is 725 g/mol. The fourth-order valence-electron chi connectivity index (χ4n) is 8.54. The highest BCUT2D eigenvalue weighted by atomic mass is 32.1. The number of carbonyl (C=O) groups is 1. The summed E-state index contributed by atoms with van der Waals surface area (Å²) in [4.78, 5) is 16.3. The summed E-state index contributed by atoms with van der Waals surface area (Å²) in [5.74, 6) is -1.19. The van der Waals surface area contributed by atoms with Crippen LogP contribution in [0.5, 0.6) is 0 Å². The first kappa shape index (κ1) is 41.2. The molecule has 3 aromatic carbocycles. The van der Waals surface area contributed by atoms with Crippen LogP contribution in [0.25, 0.3) is 53.8 Å². The van der Waals surface area contributed by atoms with Crippen molar-refractivity contribution in [2.75, 3.05) is 0 Å². The molecule has 0 unspecified atom stereocenters. The summed E-state index contributed by atoms with van der Waals surface area (Å²) >= 11 is 3.47. The van der Waals surface area contributed by atoms with E-state index in [0.717, 1.165) is 30.6 Å². The number of carboxylic acids is 1. The number of aromatic nitrogens is 1. The molecule has 6 rings (SSSR count). The van der Waals surface area contributed by atoms with E-state index in [2.05, 4.69) is 110 Å². The number of thiophene rings is 2. The number of aryl methyl sites for hydroxylation is 6. The maximum Gasteiger partial charge on any atom is 0.346 e. The van der Waals surface area contributed by atoms with Gasteiger partial charge in [-0.2, -0.15) is 5.26 Å². The van der Waals surface area contributed by atoms with Gasteiger partial charge in [-0.15, -0.1) is 22.7 Å². The Hall–Kier alpha value is -4.44. The molecule has 0 saturated heterocycles. The average molecular weight is 783 g/mol. The van der Waals surface area contributed by atoms with E-state index in [1.807, 2.05) is 17.4 Å². The second-order valence-electron chi connectivity index (χ2n) is 15.9. The van der Waals surface area contributed by atoms with Crippen molar-refractivity contribution in [3.05, 3.63) is 102 Å². The molecule has 1 N–H and O–H groups in total. The van der Waals surface area contributed by atoms with Crippen LogP contribution in [0.3, 0.4) is 0 Å². The van der Waals surface area contributed by atoms with Crippen LogP contribution in [0, 0.1) is 66.7 Å². The summed E-state index contributed by atoms with van der Waals surface area (Å²) in [6.45, 7) is 22.8. The molecule has 0 amide bonds. The highest BCUT2D eigenvalue weighted by molar-refractivity contribution is 7.24. The first-order valence-corrected chi connectivity index (χ1v) is 22.2. The minimum atomic E-state index is -1.19. The van der Waals surface area contributed by atoms with Crippen LogP contribution in [0.15, 0.2) is 42.0 Å². The van der Waals surface area contributed by atoms with Gasteiger partial charge in [0.25, 0.3) is 0 Å². The molecule has 3 aromatic heterocycles. The Morgan fingerprint density at radius 3 is 1.64 bits per heavy atom. The lowest BCUT2D eigenvalue weighted by Crippen LogP contribution is -2.01. The zero-order chi connectivity index (χ0) is 40.4. The Morgan fingerprint density at radius 1 is 0.661 bits per heavy atom. The number of benzene rings is 3. The molecular formula is C50H58N2O2S2. The van der Waals surface area contributed by atoms with E-state index < -0.39 is 5.97 Å². The van der Waals surface area contributed by atoms with Crippen molar-refractivity contribution in [1.82, 2.24) is 4.57 Å². The molecule has 0 saturated carbocycles. The third-order valence-electron chi connectivity index (χ3n) is 12.5. The number of nitrogens with zero attached hydrogens (tertiary/aromatic N) is 2. The molecule has 0 radical (unpaired) electrons. The number of nitriles is 1. The molecule has 0 aliphatic heterocycles. The van der Waals surface area contributed by atoms with Gasteiger partial charge in [0.2, 0.25) is 0 Å². The Bertz CT molecular complexity index is 2440. The monoisotopic (exact) mass is 782 g/mol. The molecule has 0 spiro atoms. The largest absolute Gasteiger partial charge is 0.477 e. The number of carboxylic acid groups (broad SMARTS) is 1. The standard InChI is InChI=1S/C50H58N2O2S2/c1-11-13-15-17-19-38-25-42(26-40(28-51)50(53)54)55-49(38)43-27-39(20-18-16-14-12-2)48(56-43)37-21-23-41(24-22-37)52-46-35(9)31(5)29(3)33(7)44(46)45-34(8)30(4)32(6)36(10)47(45)52/h21-27H,11-20H2,1-10H3,(H,53,54)/b40-26-. The molecule has 0 atom stereocenters. The Morgan fingerprint density at radius 2 is 1.16 bits per heavy atom. The molecule has 0 aliphatic rings. The predicted molar refractivity (Wildman–Crippen MR) is 242 cm³/mol. The summed E-state index contributed by atoms with van der Waals surface area (Å²) in [5, 5.41) is 21.9. The Kier molecular flexibility index (Phi) is 12.8. The van der Waals surface area contributed by atoms with E-state index in [4.69, 9.17) is 0 Å². The second kappa shape index (κ2) is 17.4. The Labute approximate surface area is 342 Å². The number of fused-ring (bicyclic) bond motifs is 3. The zero-order valence-corrected chi connectivity index (χ0v) is 36.8. The van der Waals surface area contributed by atoms with E-state index in [1.165, 1.54) is 148 Å². The van der Waals surface area contributed by atoms with Crippen molar-refractivity contribution in [2.24, 2.45) is 0 Å². The molecule has 56 heavy (non-hydrogen) atoms. The molecule has 0 fully saturated rings. The van der Waals surface area contributed by atoms with Crippen molar-refractivity contribution in [1.29, 1.82) is 5.26 Å². The third kappa shape index (κ3) is 7.65. The van der Waals surface area contributed by atoms with Gasteiger partial charge in [0, 0.05) is 36.0 Å². The summed E-state index contributed by atoms with van der Waals surface area (Å²) < 4.78 is 2.54. The smallest absolute Gasteiger partial charge is 0.346 e. The van der Waals surface area contributed by atoms with Crippen molar-refractivity contribution in [3.8, 4) is 32.0 Å². The number of hydrogen-bond acceptors (Lipinski definition) is 4. The highest BCUT2D eigenvalue weighted by Gasteiger charge is 2.24. The van der Waals surface area contributed by atoms with Gasteiger partial charge in [-0.1, -0.05) is 64.5 Å². The molecule has 0 aliphatic carbocycles. The number of hydrogen-bond donors (Lipinski definition) is 1. The molecule has 292 valence electrons. The fraction of sp³-hybridized carbons (Fsp3) is 0.400. The summed E-state index contributed by atoms with van der Waals surface area (Å²) in [6.07, 6.45) is 13.0. The van der Waals surface area contributed by atoms with Gasteiger partial charge < -0.3 is 9.67 Å². The van der Waals surface area contributed by atoms with Crippen molar-refractivity contribution in [2.45, 2.75) is 133 Å². The number of aliphatic carboxylic acids is 1. The lowest BCUT2D eigenvalue weighted by atomic mass is 9.90. The maximum absolute atomic E-state index is 11.8. The van der Waals surface area contributed by atoms with Gasteiger partial charge in [-0.3, -0.25) is 0 Å². The number of unbranched alkanes of at least 4 members (excludes halogenated alkanes) is 6. The van der Waals surface area contributed by atoms with Gasteiger partial charge >= 0.3 is 5.97 Å². The van der Waals surface area contributed by atoms with Crippen LogP contribution in [-0.2, 0) is 17.6 Å². The summed E-state index contributed by atoms with van der Waals surface area (Å²) in [5.41, 5.74) is 18.4. The van der Waals surface area contributed by atoms with E-state index in [-0.39, 0.29) is 5.57 Å². The number of rotatable bonds is 15. The second-order valence-corrected chi connectivity index (χ2v) is 18.0. The van der Waals surface area contributed by atoms with Crippen LogP contribution in [-0.4, -0.2) is 15.6 Å². The molecule has 0 bridgehead atoms.